The van der Waals surface area contributed by atoms with Crippen molar-refractivity contribution in [3.8, 4) is 0 Å². The van der Waals surface area contributed by atoms with Gasteiger partial charge in [-0.15, -0.1) is 0 Å². The van der Waals surface area contributed by atoms with E-state index in [1.54, 1.807) is 11.2 Å². The van der Waals surface area contributed by atoms with Crippen LogP contribution in [0.1, 0.15) is 26.7 Å². The Morgan fingerprint density at radius 3 is 2.48 bits per heavy atom. The third-order valence-corrected chi connectivity index (χ3v) is 6.06. The molecular weight excluding hydrogens is 294 g/mol. The molecule has 0 saturated carbocycles. The van der Waals surface area contributed by atoms with Crippen molar-refractivity contribution in [3.63, 3.8) is 0 Å². The largest absolute Gasteiger partial charge is 0.466 e. The summed E-state index contributed by atoms with van der Waals surface area (Å²) in [7, 11) is -3.40. The zero-order valence-corrected chi connectivity index (χ0v) is 13.6. The van der Waals surface area contributed by atoms with Gasteiger partial charge >= 0.3 is 5.97 Å². The minimum Gasteiger partial charge on any atom is -0.466 e. The molecule has 0 spiro atoms. The van der Waals surface area contributed by atoms with Crippen molar-refractivity contribution in [2.24, 2.45) is 5.92 Å². The van der Waals surface area contributed by atoms with Gasteiger partial charge in [0.25, 0.3) is 10.2 Å². The van der Waals surface area contributed by atoms with E-state index in [0.29, 0.717) is 52.2 Å². The number of hydrogen-bond donors (Lipinski definition) is 1. The van der Waals surface area contributed by atoms with E-state index >= 15 is 0 Å². The number of nitrogens with zero attached hydrogens (tertiary/aromatic N) is 2. The minimum absolute atomic E-state index is 0.168. The molecule has 0 unspecified atom stereocenters. The predicted octanol–water partition coefficient (Wildman–Crippen LogP) is -0.200. The molecule has 2 aliphatic heterocycles. The Labute approximate surface area is 126 Å². The molecule has 1 N–H and O–H groups in total. The first-order valence-electron chi connectivity index (χ1n) is 7.60. The van der Waals surface area contributed by atoms with Gasteiger partial charge in [0.2, 0.25) is 0 Å². The highest BCUT2D eigenvalue weighted by atomic mass is 32.2. The number of carbonyl (C=O) groups is 1. The van der Waals surface area contributed by atoms with E-state index in [1.807, 2.05) is 6.92 Å². The van der Waals surface area contributed by atoms with Crippen molar-refractivity contribution in [2.75, 3.05) is 39.3 Å². The smallest absolute Gasteiger partial charge is 0.309 e. The third-order valence-electron chi connectivity index (χ3n) is 4.06. The van der Waals surface area contributed by atoms with E-state index in [4.69, 9.17) is 4.74 Å². The number of carbonyl (C=O) groups excluding carboxylic acids is 1. The Hall–Kier alpha value is -0.700. The normalized spacial score (nSPS) is 26.7. The second kappa shape index (κ2) is 7.04. The predicted molar refractivity (Wildman–Crippen MR) is 78.9 cm³/mol. The van der Waals surface area contributed by atoms with Gasteiger partial charge in [-0.05, 0) is 26.7 Å². The highest BCUT2D eigenvalue weighted by Crippen LogP contribution is 2.23. The third kappa shape index (κ3) is 3.94. The van der Waals surface area contributed by atoms with Crippen LogP contribution in [0.15, 0.2) is 0 Å². The van der Waals surface area contributed by atoms with Crippen molar-refractivity contribution in [1.82, 2.24) is 13.9 Å². The Kier molecular flexibility index (Phi) is 5.59. The lowest BCUT2D eigenvalue weighted by Gasteiger charge is -2.37. The van der Waals surface area contributed by atoms with Gasteiger partial charge in [-0.1, -0.05) is 0 Å². The molecule has 0 radical (unpaired) electrons. The average Bonchev–Trinajstić information content (AvgIpc) is 2.47. The fraction of sp³-hybridized carbons (Fsp3) is 0.923. The summed E-state index contributed by atoms with van der Waals surface area (Å²) in [6, 6.07) is 0.172. The second-order valence-electron chi connectivity index (χ2n) is 5.65. The summed E-state index contributed by atoms with van der Waals surface area (Å²) in [5.74, 6) is -0.372. The van der Waals surface area contributed by atoms with Crippen molar-refractivity contribution in [1.29, 1.82) is 0 Å². The number of hydrogen-bond acceptors (Lipinski definition) is 5. The minimum atomic E-state index is -3.40. The van der Waals surface area contributed by atoms with Gasteiger partial charge in [0, 0.05) is 38.8 Å². The van der Waals surface area contributed by atoms with E-state index in [1.165, 1.54) is 4.31 Å². The van der Waals surface area contributed by atoms with Crippen LogP contribution >= 0.6 is 0 Å². The maximum Gasteiger partial charge on any atom is 0.309 e. The Balaban J connectivity index is 1.93. The molecule has 0 aliphatic carbocycles. The molecule has 2 rings (SSSR count). The molecule has 0 aromatic carbocycles. The quantitative estimate of drug-likeness (QED) is 0.726. The summed E-state index contributed by atoms with van der Waals surface area (Å²) in [6.07, 6.45) is 1.08. The molecule has 0 bridgehead atoms. The Morgan fingerprint density at radius 2 is 1.90 bits per heavy atom. The van der Waals surface area contributed by atoms with E-state index in [-0.39, 0.29) is 17.9 Å². The van der Waals surface area contributed by atoms with Crippen molar-refractivity contribution < 1.29 is 17.9 Å². The van der Waals surface area contributed by atoms with Gasteiger partial charge < -0.3 is 10.1 Å². The van der Waals surface area contributed by atoms with Gasteiger partial charge in [-0.25, -0.2) is 0 Å². The fourth-order valence-electron chi connectivity index (χ4n) is 2.85. The zero-order chi connectivity index (χ0) is 15.5. The topological polar surface area (TPSA) is 79.0 Å². The zero-order valence-electron chi connectivity index (χ0n) is 12.7. The Bertz CT molecular complexity index is 460. The van der Waals surface area contributed by atoms with Crippen LogP contribution in [0.25, 0.3) is 0 Å². The fourth-order valence-corrected chi connectivity index (χ4v) is 4.58. The molecule has 0 aromatic heterocycles. The molecule has 2 heterocycles. The molecule has 0 amide bonds. The lowest BCUT2D eigenvalue weighted by atomic mass is 9.98. The van der Waals surface area contributed by atoms with Crippen LogP contribution in [-0.4, -0.2) is 68.4 Å². The molecule has 8 heteroatoms. The van der Waals surface area contributed by atoms with E-state index < -0.39 is 10.2 Å². The number of piperidine rings is 1. The number of ether oxygens (including phenoxy) is 1. The number of nitrogens with one attached hydrogen (secondary N) is 1. The van der Waals surface area contributed by atoms with Gasteiger partial charge in [0.15, 0.2) is 0 Å². The lowest BCUT2D eigenvalue weighted by molar-refractivity contribution is -0.149. The molecule has 1 atom stereocenters. The van der Waals surface area contributed by atoms with Crippen molar-refractivity contribution >= 4 is 16.2 Å². The molecule has 2 aliphatic rings. The standard InChI is InChI=1S/C13H25N3O4S/c1-3-20-13(17)12-4-7-15(8-5-12)21(18,19)16-9-6-14-11(2)10-16/h11-12,14H,3-10H2,1-2H3/t11-/m1/s1. The van der Waals surface area contributed by atoms with Crippen molar-refractivity contribution in [2.45, 2.75) is 32.7 Å². The first-order valence-corrected chi connectivity index (χ1v) is 9.00. The summed E-state index contributed by atoms with van der Waals surface area (Å²) in [5, 5.41) is 3.24. The van der Waals surface area contributed by atoms with Crippen molar-refractivity contribution in [3.05, 3.63) is 0 Å². The summed E-state index contributed by atoms with van der Waals surface area (Å²) < 4.78 is 33.2. The molecule has 21 heavy (non-hydrogen) atoms. The highest BCUT2D eigenvalue weighted by molar-refractivity contribution is 7.86. The van der Waals surface area contributed by atoms with Gasteiger partial charge in [0.05, 0.1) is 12.5 Å². The van der Waals surface area contributed by atoms with Crippen LogP contribution in [0, 0.1) is 5.92 Å². The Morgan fingerprint density at radius 1 is 1.24 bits per heavy atom. The number of rotatable bonds is 4. The van der Waals surface area contributed by atoms with Crippen LogP contribution in [0.2, 0.25) is 0 Å². The van der Waals surface area contributed by atoms with Crippen LogP contribution in [0.4, 0.5) is 0 Å². The van der Waals surface area contributed by atoms with Gasteiger partial charge in [-0.2, -0.15) is 17.0 Å². The van der Waals surface area contributed by atoms with Crippen LogP contribution in [0.5, 0.6) is 0 Å². The average molecular weight is 319 g/mol. The second-order valence-corrected chi connectivity index (χ2v) is 7.57. The molecule has 0 aromatic rings. The van der Waals surface area contributed by atoms with Crippen LogP contribution < -0.4 is 5.32 Å². The van der Waals surface area contributed by atoms with E-state index in [2.05, 4.69) is 5.32 Å². The van der Waals surface area contributed by atoms with Crippen LogP contribution in [0.3, 0.4) is 0 Å². The maximum atomic E-state index is 12.6. The number of piperazine rings is 1. The van der Waals surface area contributed by atoms with Gasteiger partial charge in [-0.3, -0.25) is 4.79 Å². The first kappa shape index (κ1) is 16.7. The van der Waals surface area contributed by atoms with E-state index in [0.717, 1.165) is 0 Å². The molecule has 2 saturated heterocycles. The van der Waals surface area contributed by atoms with E-state index in [9.17, 15) is 13.2 Å². The highest BCUT2D eigenvalue weighted by Gasteiger charge is 2.36. The summed E-state index contributed by atoms with van der Waals surface area (Å²) in [4.78, 5) is 11.7. The molecule has 7 nitrogen and oxygen atoms in total. The SMILES string of the molecule is CCOC(=O)C1CCN(S(=O)(=O)N2CCN[C@H](C)C2)CC1. The monoisotopic (exact) mass is 319 g/mol. The van der Waals surface area contributed by atoms with Crippen LogP contribution in [-0.2, 0) is 19.7 Å². The summed E-state index contributed by atoms with van der Waals surface area (Å²) in [6.45, 7) is 6.60. The molecular formula is C13H25N3O4S. The van der Waals surface area contributed by atoms with Gasteiger partial charge in [0.1, 0.15) is 0 Å². The maximum absolute atomic E-state index is 12.6. The lowest BCUT2D eigenvalue weighted by Crippen LogP contribution is -2.56. The molecule has 122 valence electrons. The molecule has 2 fully saturated rings. The first-order chi connectivity index (χ1) is 9.95. The number of esters is 1. The summed E-state index contributed by atoms with van der Waals surface area (Å²) in [5.41, 5.74) is 0. The summed E-state index contributed by atoms with van der Waals surface area (Å²) >= 11 is 0.